The number of halogens is 1. The highest BCUT2D eigenvalue weighted by atomic mass is 127. The molecule has 2 N–H and O–H groups in total. The molecule has 0 unspecified atom stereocenters. The van der Waals surface area contributed by atoms with E-state index < -0.39 is 13.3 Å². The summed E-state index contributed by atoms with van der Waals surface area (Å²) in [5, 5.41) is 15.9. The van der Waals surface area contributed by atoms with Crippen molar-refractivity contribution < 1.29 is 19.5 Å². The van der Waals surface area contributed by atoms with Crippen LogP contribution >= 0.6 is 22.6 Å². The topological polar surface area (TPSA) is 66.8 Å². The lowest BCUT2D eigenvalue weighted by atomic mass is 10.3. The van der Waals surface area contributed by atoms with Crippen molar-refractivity contribution in [1.82, 2.24) is 0 Å². The molecule has 0 fully saturated rings. The molecule has 0 atom stereocenters. The Labute approximate surface area is 60.2 Å². The molecule has 4 nitrogen and oxygen atoms in total. The van der Waals surface area contributed by atoms with Gasteiger partial charge in [0.2, 0.25) is 0 Å². The summed E-state index contributed by atoms with van der Waals surface area (Å²) >= 11 is 1.75. The Morgan fingerprint density at radius 3 is 2.38 bits per heavy atom. The van der Waals surface area contributed by atoms with Gasteiger partial charge < -0.3 is 14.7 Å². The van der Waals surface area contributed by atoms with Crippen LogP contribution in [0.1, 0.15) is 0 Å². The molecule has 0 amide bonds. The van der Waals surface area contributed by atoms with Gasteiger partial charge in [-0.3, -0.25) is 4.79 Å². The monoisotopic (exact) mass is 230 g/mol. The van der Waals surface area contributed by atoms with Crippen LogP contribution in [0.5, 0.6) is 0 Å². The average Bonchev–Trinajstić information content (AvgIpc) is 1.65. The Bertz CT molecular complexity index is 84.1. The van der Waals surface area contributed by atoms with E-state index in [1.54, 1.807) is 22.6 Å². The lowest BCUT2D eigenvalue weighted by Crippen LogP contribution is -2.22. The normalized spacial score (nSPS) is 8.38. The van der Waals surface area contributed by atoms with Crippen molar-refractivity contribution in [3.63, 3.8) is 0 Å². The molecule has 0 heterocycles. The second-order valence-corrected chi connectivity index (χ2v) is 1.71. The van der Waals surface area contributed by atoms with Crippen LogP contribution in [-0.2, 0) is 9.45 Å². The van der Waals surface area contributed by atoms with Crippen molar-refractivity contribution >= 4 is 35.9 Å². The molecule has 0 spiro atoms. The fourth-order valence-electron chi connectivity index (χ4n) is 0.149. The van der Waals surface area contributed by atoms with Gasteiger partial charge in [-0.1, -0.05) is 22.6 Å². The maximum absolute atomic E-state index is 10.1. The largest absolute Gasteiger partial charge is 0.709 e. The molecule has 0 aromatic rings. The quantitative estimate of drug-likeness (QED) is 0.360. The molecule has 6 heteroatoms. The average molecular weight is 230 g/mol. The summed E-state index contributed by atoms with van der Waals surface area (Å²) in [5.74, 6) is -0.638. The summed E-state index contributed by atoms with van der Waals surface area (Å²) in [7, 11) is -1.97. The third-order valence-electron chi connectivity index (χ3n) is 0.346. The van der Waals surface area contributed by atoms with Gasteiger partial charge in [0, 0.05) is 0 Å². The highest BCUT2D eigenvalue weighted by molar-refractivity contribution is 14.1. The molecule has 0 rings (SSSR count). The van der Waals surface area contributed by atoms with Crippen molar-refractivity contribution in [2.24, 2.45) is 0 Å². The van der Waals surface area contributed by atoms with Gasteiger partial charge in [0.1, 0.15) is 0 Å². The predicted molar refractivity (Wildman–Crippen MR) is 35.2 cm³/mol. The van der Waals surface area contributed by atoms with Gasteiger partial charge in [0.25, 0.3) is 0 Å². The molecule has 46 valence electrons. The van der Waals surface area contributed by atoms with Crippen molar-refractivity contribution in [2.75, 3.05) is 4.43 Å². The predicted octanol–water partition coefficient (Wildman–Crippen LogP) is -1.07. The molecule has 0 aliphatic rings. The number of hydrogen-bond acceptors (Lipinski definition) is 4. The van der Waals surface area contributed by atoms with E-state index >= 15 is 0 Å². The van der Waals surface area contributed by atoms with Crippen molar-refractivity contribution in [3.05, 3.63) is 0 Å². The van der Waals surface area contributed by atoms with E-state index in [0.717, 1.165) is 0 Å². The van der Waals surface area contributed by atoms with Crippen LogP contribution in [0, 0.1) is 0 Å². The Hall–Kier alpha value is 0.185. The first kappa shape index (κ1) is 8.18. The first-order valence-electron chi connectivity index (χ1n) is 1.78. The second kappa shape index (κ2) is 4.10. The summed E-state index contributed by atoms with van der Waals surface area (Å²) in [6.07, 6.45) is 0. The fraction of sp³-hybridized carbons (Fsp3) is 0.500. The first-order chi connectivity index (χ1) is 3.66. The van der Waals surface area contributed by atoms with E-state index in [4.69, 9.17) is 10.0 Å². The Balaban J connectivity index is 3.25. The van der Waals surface area contributed by atoms with Crippen molar-refractivity contribution in [1.29, 1.82) is 0 Å². The highest BCUT2D eigenvalue weighted by Crippen LogP contribution is 1.85. The van der Waals surface area contributed by atoms with Crippen LogP contribution in [0.15, 0.2) is 0 Å². The van der Waals surface area contributed by atoms with Crippen LogP contribution in [0.2, 0.25) is 0 Å². The van der Waals surface area contributed by atoms with Gasteiger partial charge in [0.15, 0.2) is 0 Å². The molecule has 0 aromatic heterocycles. The molecule has 0 aromatic carbocycles. The van der Waals surface area contributed by atoms with E-state index in [2.05, 4.69) is 4.65 Å². The van der Waals surface area contributed by atoms with E-state index in [9.17, 15) is 4.79 Å². The lowest BCUT2D eigenvalue weighted by molar-refractivity contribution is -0.133. The minimum Gasteiger partial charge on any atom is -0.485 e. The minimum absolute atomic E-state index is 0.120. The van der Waals surface area contributed by atoms with Gasteiger partial charge in [-0.2, -0.15) is 0 Å². The number of hydrogen-bond donors (Lipinski definition) is 2. The van der Waals surface area contributed by atoms with Gasteiger partial charge in [-0.15, -0.1) is 0 Å². The SMILES string of the molecule is O=C(CI)OB(O)O. The molecular formula is C2H4BIO4. The lowest BCUT2D eigenvalue weighted by Gasteiger charge is -1.96. The maximum Gasteiger partial charge on any atom is 0.709 e. The second-order valence-electron chi connectivity index (χ2n) is 0.950. The highest BCUT2D eigenvalue weighted by Gasteiger charge is 2.13. The molecule has 0 saturated carbocycles. The Morgan fingerprint density at radius 2 is 2.25 bits per heavy atom. The Morgan fingerprint density at radius 1 is 1.75 bits per heavy atom. The molecular weight excluding hydrogens is 226 g/mol. The van der Waals surface area contributed by atoms with Crippen molar-refractivity contribution in [3.8, 4) is 0 Å². The summed E-state index contributed by atoms with van der Waals surface area (Å²) in [5.41, 5.74) is 0. The van der Waals surface area contributed by atoms with E-state index in [-0.39, 0.29) is 4.43 Å². The zero-order chi connectivity index (χ0) is 6.57. The number of alkyl halides is 1. The van der Waals surface area contributed by atoms with Gasteiger partial charge >= 0.3 is 13.3 Å². The summed E-state index contributed by atoms with van der Waals surface area (Å²) in [6, 6.07) is 0. The first-order valence-corrected chi connectivity index (χ1v) is 3.31. The zero-order valence-electron chi connectivity index (χ0n) is 3.87. The number of rotatable bonds is 2. The van der Waals surface area contributed by atoms with Gasteiger partial charge in [-0.05, 0) is 0 Å². The third kappa shape index (κ3) is 4.35. The van der Waals surface area contributed by atoms with Crippen LogP contribution in [0.4, 0.5) is 0 Å². The summed E-state index contributed by atoms with van der Waals surface area (Å²) in [6.45, 7) is 0. The maximum atomic E-state index is 10.1. The van der Waals surface area contributed by atoms with Gasteiger partial charge in [0.05, 0.1) is 4.43 Å². The van der Waals surface area contributed by atoms with Crippen LogP contribution in [0.3, 0.4) is 0 Å². The number of carbonyl (C=O) groups excluding carboxylic acids is 1. The third-order valence-corrected chi connectivity index (χ3v) is 0.969. The molecule has 0 saturated heterocycles. The number of carbonyl (C=O) groups is 1. The van der Waals surface area contributed by atoms with Crippen molar-refractivity contribution in [2.45, 2.75) is 0 Å². The summed E-state index contributed by atoms with van der Waals surface area (Å²) < 4.78 is 3.98. The van der Waals surface area contributed by atoms with Crippen LogP contribution < -0.4 is 0 Å². The van der Waals surface area contributed by atoms with E-state index in [0.29, 0.717) is 0 Å². The zero-order valence-corrected chi connectivity index (χ0v) is 6.03. The molecule has 0 aliphatic heterocycles. The van der Waals surface area contributed by atoms with E-state index in [1.807, 2.05) is 0 Å². The molecule has 0 radical (unpaired) electrons. The Kier molecular flexibility index (Phi) is 4.20. The standard InChI is InChI=1S/C2H4BIO4/c4-1-2(5)8-3(6)7/h6-7H,1H2. The fourth-order valence-corrected chi connectivity index (χ4v) is 0.329. The van der Waals surface area contributed by atoms with Gasteiger partial charge in [-0.25, -0.2) is 0 Å². The summed E-state index contributed by atoms with van der Waals surface area (Å²) in [4.78, 5) is 10.1. The molecule has 0 aliphatic carbocycles. The molecule has 8 heavy (non-hydrogen) atoms. The van der Waals surface area contributed by atoms with Crippen LogP contribution in [0.25, 0.3) is 0 Å². The van der Waals surface area contributed by atoms with Crippen LogP contribution in [-0.4, -0.2) is 27.8 Å². The molecule has 0 bridgehead atoms. The minimum atomic E-state index is -1.97. The van der Waals surface area contributed by atoms with E-state index in [1.165, 1.54) is 0 Å². The smallest absolute Gasteiger partial charge is 0.485 e.